The number of piperazine rings is 1. The molecule has 1 aromatic rings. The van der Waals surface area contributed by atoms with Crippen LogP contribution in [0.25, 0.3) is 0 Å². The van der Waals surface area contributed by atoms with Gasteiger partial charge in [0.2, 0.25) is 5.91 Å². The molecule has 4 aliphatic carbocycles. The van der Waals surface area contributed by atoms with Crippen molar-refractivity contribution in [2.24, 2.45) is 23.2 Å². The molecule has 1 aromatic carbocycles. The normalized spacial score (nSPS) is 35.8. The Balaban J connectivity index is 1.04. The molecule has 6 atom stereocenters. The Kier molecular flexibility index (Phi) is 6.17. The van der Waals surface area contributed by atoms with Crippen LogP contribution >= 0.6 is 0 Å². The third kappa shape index (κ3) is 4.27. The molecule has 0 spiro atoms. The molecule has 3 amide bonds. The quantitative estimate of drug-likeness (QED) is 0.676. The minimum absolute atomic E-state index is 0.0321. The topological polar surface area (TPSA) is 76.1 Å². The van der Waals surface area contributed by atoms with Crippen molar-refractivity contribution in [1.82, 2.24) is 15.1 Å². The van der Waals surface area contributed by atoms with Gasteiger partial charge >= 0.3 is 6.03 Å². The smallest absolute Gasteiger partial charge is 0.320 e. The number of hydrogen-bond donors (Lipinski definition) is 2. The Bertz CT molecular complexity index is 1000. The molecule has 2 aliphatic heterocycles. The molecule has 4 saturated carbocycles. The molecule has 6 fully saturated rings. The van der Waals surface area contributed by atoms with E-state index in [4.69, 9.17) is 0 Å². The molecular formula is C29H42N4O3. The zero-order valence-corrected chi connectivity index (χ0v) is 21.9. The molecule has 4 unspecified atom stereocenters. The number of anilines is 1. The first-order valence-corrected chi connectivity index (χ1v) is 14.2. The zero-order chi connectivity index (χ0) is 25.0. The third-order valence-electron chi connectivity index (χ3n) is 9.98. The van der Waals surface area contributed by atoms with Crippen LogP contribution in [0.4, 0.5) is 10.5 Å². The highest BCUT2D eigenvalue weighted by Gasteiger charge is 2.58. The second-order valence-electron chi connectivity index (χ2n) is 12.5. The fourth-order valence-electron chi connectivity index (χ4n) is 8.38. The maximum absolute atomic E-state index is 13.6. The fourth-order valence-corrected chi connectivity index (χ4v) is 8.38. The van der Waals surface area contributed by atoms with Crippen LogP contribution in [-0.4, -0.2) is 78.3 Å². The molecule has 0 aromatic heterocycles. The summed E-state index contributed by atoms with van der Waals surface area (Å²) in [5.74, 6) is 1.39. The van der Waals surface area contributed by atoms with Gasteiger partial charge in [0.05, 0.1) is 11.5 Å². The van der Waals surface area contributed by atoms with Gasteiger partial charge in [-0.2, -0.15) is 0 Å². The standard InChI is InChI=1S/C29H42N4O3/c1-19-5-6-25(20(2)12-19)31-8-10-32(11-9-31)28(36)33-7-3-4-24(18-33)30-27(35)29-15-21-13-22(16-29)26(34)23(14-21)17-29/h5-6,12,21-24,26,34H,3-4,7-11,13-18H2,1-2H3,(H,30,35)/t21?,22-,23?,24+,26?,29?/m1/s1. The number of aryl methyl sites for hydroxylation is 2. The average Bonchev–Trinajstić information content (AvgIpc) is 2.86. The summed E-state index contributed by atoms with van der Waals surface area (Å²) in [7, 11) is 0. The summed E-state index contributed by atoms with van der Waals surface area (Å²) in [4.78, 5) is 33.3. The predicted molar refractivity (Wildman–Crippen MR) is 140 cm³/mol. The second kappa shape index (κ2) is 9.23. The number of nitrogens with one attached hydrogen (secondary N) is 1. The summed E-state index contributed by atoms with van der Waals surface area (Å²) < 4.78 is 0. The van der Waals surface area contributed by atoms with E-state index in [1.807, 2.05) is 9.80 Å². The molecule has 2 N–H and O–H groups in total. The number of piperidine rings is 1. The van der Waals surface area contributed by atoms with E-state index in [1.54, 1.807) is 0 Å². The van der Waals surface area contributed by atoms with Crippen molar-refractivity contribution < 1.29 is 14.7 Å². The van der Waals surface area contributed by atoms with E-state index >= 15 is 0 Å². The number of carbonyl (C=O) groups is 2. The van der Waals surface area contributed by atoms with E-state index in [1.165, 1.54) is 16.8 Å². The largest absolute Gasteiger partial charge is 0.393 e. The SMILES string of the molecule is Cc1ccc(N2CCN(C(=O)N3CCC[C@H](NC(=O)C45CC6CC(C4)C(O)[C@H](C6)C5)C3)CC2)c(C)c1. The van der Waals surface area contributed by atoms with E-state index < -0.39 is 0 Å². The lowest BCUT2D eigenvalue weighted by Gasteiger charge is -2.58. The van der Waals surface area contributed by atoms with E-state index in [9.17, 15) is 14.7 Å². The number of amides is 3. The molecule has 7 heteroatoms. The van der Waals surface area contributed by atoms with Gasteiger partial charge in [-0.25, -0.2) is 4.79 Å². The zero-order valence-electron chi connectivity index (χ0n) is 21.9. The lowest BCUT2D eigenvalue weighted by atomic mass is 9.48. The molecular weight excluding hydrogens is 452 g/mol. The van der Waals surface area contributed by atoms with Crippen molar-refractivity contribution in [2.75, 3.05) is 44.2 Å². The highest BCUT2D eigenvalue weighted by molar-refractivity contribution is 5.83. The van der Waals surface area contributed by atoms with Crippen LogP contribution in [0.3, 0.4) is 0 Å². The number of aliphatic hydroxyl groups is 1. The fraction of sp³-hybridized carbons (Fsp3) is 0.724. The maximum atomic E-state index is 13.6. The number of urea groups is 1. The van der Waals surface area contributed by atoms with Crippen molar-refractivity contribution >= 4 is 17.6 Å². The Hall–Kier alpha value is -2.28. The molecule has 0 radical (unpaired) electrons. The minimum Gasteiger partial charge on any atom is -0.393 e. The van der Waals surface area contributed by atoms with Crippen LogP contribution in [0.15, 0.2) is 18.2 Å². The summed E-state index contributed by atoms with van der Waals surface area (Å²) >= 11 is 0. The molecule has 6 aliphatic rings. The van der Waals surface area contributed by atoms with Gasteiger partial charge in [-0.05, 0) is 88.2 Å². The number of carbonyl (C=O) groups excluding carboxylic acids is 2. The highest BCUT2D eigenvalue weighted by atomic mass is 16.3. The Morgan fingerprint density at radius 2 is 1.69 bits per heavy atom. The van der Waals surface area contributed by atoms with Crippen LogP contribution < -0.4 is 10.2 Å². The van der Waals surface area contributed by atoms with Crippen LogP contribution in [-0.2, 0) is 4.79 Å². The van der Waals surface area contributed by atoms with Crippen molar-refractivity contribution in [3.8, 4) is 0 Å². The van der Waals surface area contributed by atoms with Crippen LogP contribution in [0.5, 0.6) is 0 Å². The van der Waals surface area contributed by atoms with E-state index in [2.05, 4.69) is 42.3 Å². The summed E-state index contributed by atoms with van der Waals surface area (Å²) in [6.07, 6.45) is 6.51. The van der Waals surface area contributed by atoms with Gasteiger partial charge in [0.25, 0.3) is 0 Å². The van der Waals surface area contributed by atoms with Gasteiger partial charge in [0, 0.05) is 51.0 Å². The van der Waals surface area contributed by atoms with Gasteiger partial charge in [0.1, 0.15) is 0 Å². The number of rotatable bonds is 3. The third-order valence-corrected chi connectivity index (χ3v) is 9.98. The number of benzene rings is 1. The first kappa shape index (κ1) is 24.1. The second-order valence-corrected chi connectivity index (χ2v) is 12.5. The van der Waals surface area contributed by atoms with Gasteiger partial charge in [-0.3, -0.25) is 4.79 Å². The van der Waals surface area contributed by atoms with Crippen LogP contribution in [0.1, 0.15) is 56.1 Å². The maximum Gasteiger partial charge on any atom is 0.320 e. The number of hydrogen-bond acceptors (Lipinski definition) is 4. The Morgan fingerprint density at radius 1 is 0.972 bits per heavy atom. The van der Waals surface area contributed by atoms with Crippen molar-refractivity contribution in [3.05, 3.63) is 29.3 Å². The molecule has 4 bridgehead atoms. The number of likely N-dealkylation sites (tertiary alicyclic amines) is 1. The minimum atomic E-state index is -0.285. The summed E-state index contributed by atoms with van der Waals surface area (Å²) in [5, 5.41) is 14.0. The summed E-state index contributed by atoms with van der Waals surface area (Å²) in [6.45, 7) is 8.82. The lowest BCUT2D eigenvalue weighted by molar-refractivity contribution is -0.163. The highest BCUT2D eigenvalue weighted by Crippen LogP contribution is 2.60. The summed E-state index contributed by atoms with van der Waals surface area (Å²) in [6, 6.07) is 6.73. The number of aliphatic hydroxyl groups excluding tert-OH is 1. The van der Waals surface area contributed by atoms with Gasteiger partial charge in [-0.1, -0.05) is 17.7 Å². The molecule has 2 heterocycles. The van der Waals surface area contributed by atoms with E-state index in [0.717, 1.165) is 77.7 Å². The van der Waals surface area contributed by atoms with Crippen LogP contribution in [0.2, 0.25) is 0 Å². The van der Waals surface area contributed by atoms with Gasteiger partial charge < -0.3 is 25.1 Å². The van der Waals surface area contributed by atoms with Gasteiger partial charge in [0.15, 0.2) is 0 Å². The summed E-state index contributed by atoms with van der Waals surface area (Å²) in [5.41, 5.74) is 3.55. The monoisotopic (exact) mass is 494 g/mol. The first-order valence-electron chi connectivity index (χ1n) is 14.2. The number of nitrogens with zero attached hydrogens (tertiary/aromatic N) is 3. The molecule has 7 nitrogen and oxygen atoms in total. The average molecular weight is 495 g/mol. The van der Waals surface area contributed by atoms with Crippen molar-refractivity contribution in [2.45, 2.75) is 70.9 Å². The molecule has 196 valence electrons. The first-order chi connectivity index (χ1) is 17.3. The van der Waals surface area contributed by atoms with Crippen LogP contribution in [0, 0.1) is 37.0 Å². The van der Waals surface area contributed by atoms with E-state index in [-0.39, 0.29) is 29.5 Å². The predicted octanol–water partition coefficient (Wildman–Crippen LogP) is 3.31. The van der Waals surface area contributed by atoms with Crippen molar-refractivity contribution in [1.29, 1.82) is 0 Å². The van der Waals surface area contributed by atoms with E-state index in [0.29, 0.717) is 24.3 Å². The molecule has 2 saturated heterocycles. The Morgan fingerprint density at radius 3 is 2.39 bits per heavy atom. The Labute approximate surface area is 215 Å². The van der Waals surface area contributed by atoms with Gasteiger partial charge in [-0.15, -0.1) is 0 Å². The molecule has 7 rings (SSSR count). The molecule has 36 heavy (non-hydrogen) atoms. The lowest BCUT2D eigenvalue weighted by Crippen LogP contribution is -2.61. The van der Waals surface area contributed by atoms with Crippen molar-refractivity contribution in [3.63, 3.8) is 0 Å².